The van der Waals surface area contributed by atoms with Gasteiger partial charge in [0.25, 0.3) is 0 Å². The molecular formula is C17H20N4. The van der Waals surface area contributed by atoms with Crippen LogP contribution in [0, 0.1) is 0 Å². The monoisotopic (exact) mass is 280 g/mol. The molecular weight excluding hydrogens is 260 g/mol. The summed E-state index contributed by atoms with van der Waals surface area (Å²) in [6, 6.07) is 16.1. The van der Waals surface area contributed by atoms with Crippen molar-refractivity contribution >= 4 is 16.7 Å². The highest BCUT2D eigenvalue weighted by molar-refractivity contribution is 5.81. The maximum atomic E-state index is 6.16. The maximum Gasteiger partial charge on any atom is 0.141 e. The number of benzene rings is 2. The lowest BCUT2D eigenvalue weighted by Crippen LogP contribution is -2.25. The molecule has 0 radical (unpaired) electrons. The van der Waals surface area contributed by atoms with Crippen molar-refractivity contribution in [1.29, 1.82) is 0 Å². The normalized spacial score (nSPS) is 12.7. The van der Waals surface area contributed by atoms with Crippen LogP contribution < -0.4 is 11.5 Å². The number of fused-ring (bicyclic) bond motifs is 1. The molecule has 0 aliphatic carbocycles. The van der Waals surface area contributed by atoms with Crippen molar-refractivity contribution in [2.24, 2.45) is 5.73 Å². The second kappa shape index (κ2) is 5.58. The van der Waals surface area contributed by atoms with Crippen molar-refractivity contribution in [3.8, 4) is 11.4 Å². The summed E-state index contributed by atoms with van der Waals surface area (Å²) < 4.78 is 2.19. The predicted molar refractivity (Wildman–Crippen MR) is 87.8 cm³/mol. The van der Waals surface area contributed by atoms with E-state index in [0.29, 0.717) is 0 Å². The second-order valence-corrected chi connectivity index (χ2v) is 5.33. The average Bonchev–Trinajstić information content (AvgIpc) is 2.86. The highest BCUT2D eigenvalue weighted by Crippen LogP contribution is 2.26. The number of nitrogens with two attached hydrogens (primary N) is 2. The van der Waals surface area contributed by atoms with E-state index in [1.807, 2.05) is 42.5 Å². The van der Waals surface area contributed by atoms with E-state index in [-0.39, 0.29) is 6.04 Å². The third kappa shape index (κ3) is 2.62. The van der Waals surface area contributed by atoms with Gasteiger partial charge in [0.2, 0.25) is 0 Å². The molecule has 3 aromatic rings. The van der Waals surface area contributed by atoms with Crippen molar-refractivity contribution in [3.05, 3.63) is 48.5 Å². The molecule has 2 aromatic carbocycles. The molecule has 0 aliphatic rings. The highest BCUT2D eigenvalue weighted by Gasteiger charge is 2.14. The average molecular weight is 280 g/mol. The van der Waals surface area contributed by atoms with Gasteiger partial charge in [0.1, 0.15) is 5.82 Å². The molecule has 1 atom stereocenters. The minimum Gasteiger partial charge on any atom is -0.399 e. The molecule has 0 saturated heterocycles. The summed E-state index contributed by atoms with van der Waals surface area (Å²) in [5, 5.41) is 0. The quantitative estimate of drug-likeness (QED) is 0.722. The number of rotatable bonds is 4. The summed E-state index contributed by atoms with van der Waals surface area (Å²) in [6.07, 6.45) is 0.933. The number of nitrogens with zero attached hydrogens (tertiary/aromatic N) is 2. The van der Waals surface area contributed by atoms with Gasteiger partial charge in [-0.2, -0.15) is 0 Å². The Morgan fingerprint density at radius 1 is 1.14 bits per heavy atom. The van der Waals surface area contributed by atoms with Crippen LogP contribution in [0.2, 0.25) is 0 Å². The van der Waals surface area contributed by atoms with Gasteiger partial charge in [-0.1, -0.05) is 31.2 Å². The maximum absolute atomic E-state index is 6.16. The molecule has 4 N–H and O–H groups in total. The number of imidazole rings is 1. The minimum atomic E-state index is 0.113. The van der Waals surface area contributed by atoms with Crippen LogP contribution in [0.3, 0.4) is 0 Å². The summed E-state index contributed by atoms with van der Waals surface area (Å²) >= 11 is 0. The van der Waals surface area contributed by atoms with Crippen LogP contribution in [0.15, 0.2) is 48.5 Å². The van der Waals surface area contributed by atoms with E-state index in [2.05, 4.69) is 17.6 Å². The lowest BCUT2D eigenvalue weighted by Gasteiger charge is -2.14. The molecule has 1 unspecified atom stereocenters. The van der Waals surface area contributed by atoms with Crippen molar-refractivity contribution in [2.45, 2.75) is 25.9 Å². The molecule has 21 heavy (non-hydrogen) atoms. The first-order valence-electron chi connectivity index (χ1n) is 7.25. The molecule has 1 heterocycles. The van der Waals surface area contributed by atoms with E-state index < -0.39 is 0 Å². The molecule has 108 valence electrons. The highest BCUT2D eigenvalue weighted by atomic mass is 15.1. The molecule has 0 aliphatic heterocycles. The Labute approximate surface area is 124 Å². The van der Waals surface area contributed by atoms with Crippen molar-refractivity contribution < 1.29 is 0 Å². The van der Waals surface area contributed by atoms with Gasteiger partial charge in [-0.05, 0) is 30.7 Å². The second-order valence-electron chi connectivity index (χ2n) is 5.33. The fraction of sp³-hybridized carbons (Fsp3) is 0.235. The SMILES string of the molecule is CCC(N)Cn1c(-c2cccc(N)c2)nc2ccccc21. The van der Waals surface area contributed by atoms with E-state index in [1.165, 1.54) is 0 Å². The number of hydrogen-bond acceptors (Lipinski definition) is 3. The molecule has 4 nitrogen and oxygen atoms in total. The Morgan fingerprint density at radius 3 is 2.71 bits per heavy atom. The first-order chi connectivity index (χ1) is 10.2. The Morgan fingerprint density at radius 2 is 1.95 bits per heavy atom. The largest absolute Gasteiger partial charge is 0.399 e. The van der Waals surface area contributed by atoms with Crippen molar-refractivity contribution in [1.82, 2.24) is 9.55 Å². The topological polar surface area (TPSA) is 69.9 Å². The number of anilines is 1. The van der Waals surface area contributed by atoms with Crippen LogP contribution in [-0.2, 0) is 6.54 Å². The Balaban J connectivity index is 2.18. The van der Waals surface area contributed by atoms with Gasteiger partial charge >= 0.3 is 0 Å². The molecule has 0 amide bonds. The van der Waals surface area contributed by atoms with E-state index in [1.54, 1.807) is 0 Å². The van der Waals surface area contributed by atoms with Gasteiger partial charge < -0.3 is 16.0 Å². The Hall–Kier alpha value is -2.33. The lowest BCUT2D eigenvalue weighted by atomic mass is 10.2. The standard InChI is InChI=1S/C17H20N4/c1-2-13(18)11-21-16-9-4-3-8-15(16)20-17(21)12-6-5-7-14(19)10-12/h3-10,13H,2,11,18-19H2,1H3. The summed E-state index contributed by atoms with van der Waals surface area (Å²) in [7, 11) is 0. The fourth-order valence-electron chi connectivity index (χ4n) is 2.52. The zero-order valence-electron chi connectivity index (χ0n) is 12.2. The van der Waals surface area contributed by atoms with E-state index in [4.69, 9.17) is 16.5 Å². The van der Waals surface area contributed by atoms with Crippen LogP contribution in [-0.4, -0.2) is 15.6 Å². The van der Waals surface area contributed by atoms with Gasteiger partial charge in [-0.25, -0.2) is 4.98 Å². The summed E-state index contributed by atoms with van der Waals surface area (Å²) in [4.78, 5) is 4.76. The smallest absolute Gasteiger partial charge is 0.141 e. The van der Waals surface area contributed by atoms with Crippen LogP contribution in [0.4, 0.5) is 5.69 Å². The van der Waals surface area contributed by atoms with Crippen molar-refractivity contribution in [3.63, 3.8) is 0 Å². The van der Waals surface area contributed by atoms with Gasteiger partial charge in [0, 0.05) is 23.8 Å². The fourth-order valence-corrected chi connectivity index (χ4v) is 2.52. The number of nitrogen functional groups attached to an aromatic ring is 1. The molecule has 4 heteroatoms. The first kappa shape index (κ1) is 13.6. The van der Waals surface area contributed by atoms with Crippen LogP contribution >= 0.6 is 0 Å². The third-order valence-electron chi connectivity index (χ3n) is 3.74. The summed E-state index contributed by atoms with van der Waals surface area (Å²) in [6.45, 7) is 2.85. The summed E-state index contributed by atoms with van der Waals surface area (Å²) in [5.74, 6) is 0.924. The summed E-state index contributed by atoms with van der Waals surface area (Å²) in [5.41, 5.74) is 15.9. The predicted octanol–water partition coefficient (Wildman–Crippen LogP) is 3.02. The molecule has 0 fully saturated rings. The zero-order valence-corrected chi connectivity index (χ0v) is 12.2. The number of para-hydroxylation sites is 2. The van der Waals surface area contributed by atoms with E-state index in [9.17, 15) is 0 Å². The Bertz CT molecular complexity index is 760. The molecule has 0 spiro atoms. The molecule has 0 bridgehead atoms. The zero-order chi connectivity index (χ0) is 14.8. The van der Waals surface area contributed by atoms with Crippen LogP contribution in [0.1, 0.15) is 13.3 Å². The molecule has 0 saturated carbocycles. The number of aromatic nitrogens is 2. The van der Waals surface area contributed by atoms with Crippen LogP contribution in [0.5, 0.6) is 0 Å². The van der Waals surface area contributed by atoms with Gasteiger partial charge in [-0.15, -0.1) is 0 Å². The minimum absolute atomic E-state index is 0.113. The van der Waals surface area contributed by atoms with Gasteiger partial charge in [0.05, 0.1) is 11.0 Å². The lowest BCUT2D eigenvalue weighted by molar-refractivity contribution is 0.551. The Kier molecular flexibility index (Phi) is 3.62. The van der Waals surface area contributed by atoms with E-state index >= 15 is 0 Å². The molecule has 3 rings (SSSR count). The first-order valence-corrected chi connectivity index (χ1v) is 7.25. The number of hydrogen-bond donors (Lipinski definition) is 2. The molecule has 1 aromatic heterocycles. The van der Waals surface area contributed by atoms with E-state index in [0.717, 1.165) is 41.1 Å². The third-order valence-corrected chi connectivity index (χ3v) is 3.74. The van der Waals surface area contributed by atoms with Gasteiger partial charge in [0.15, 0.2) is 0 Å². The van der Waals surface area contributed by atoms with Crippen LogP contribution in [0.25, 0.3) is 22.4 Å². The van der Waals surface area contributed by atoms with Gasteiger partial charge in [-0.3, -0.25) is 0 Å². The van der Waals surface area contributed by atoms with Crippen molar-refractivity contribution in [2.75, 3.05) is 5.73 Å².